The average Bonchev–Trinajstić information content (AvgIpc) is 2.63. The first-order chi connectivity index (χ1) is 6.19. The Hall–Kier alpha value is -0.900. The standard InChI is InChI=1S/C9H18N4/c1-4-6(3)8(10)9-11-7(5-2)12-13-9/h6,8H,4-5,10H2,1-3H3,(H,11,12,13). The van der Waals surface area contributed by atoms with Gasteiger partial charge in [-0.2, -0.15) is 5.10 Å². The summed E-state index contributed by atoms with van der Waals surface area (Å²) in [4.78, 5) is 4.31. The van der Waals surface area contributed by atoms with Crippen molar-refractivity contribution in [1.29, 1.82) is 0 Å². The van der Waals surface area contributed by atoms with E-state index < -0.39 is 0 Å². The molecule has 0 fully saturated rings. The Labute approximate surface area is 78.9 Å². The van der Waals surface area contributed by atoms with Gasteiger partial charge in [0.05, 0.1) is 6.04 Å². The first-order valence-corrected chi connectivity index (χ1v) is 4.85. The fourth-order valence-electron chi connectivity index (χ4n) is 1.13. The summed E-state index contributed by atoms with van der Waals surface area (Å²) in [5.41, 5.74) is 5.97. The highest BCUT2D eigenvalue weighted by molar-refractivity contribution is 4.96. The summed E-state index contributed by atoms with van der Waals surface area (Å²) in [6.07, 6.45) is 1.93. The SMILES string of the molecule is CCc1nc(C(N)C(C)CC)n[nH]1. The Morgan fingerprint density at radius 3 is 2.62 bits per heavy atom. The minimum atomic E-state index is -0.0402. The Morgan fingerprint density at radius 2 is 2.15 bits per heavy atom. The van der Waals surface area contributed by atoms with Crippen LogP contribution in [0.3, 0.4) is 0 Å². The molecule has 1 rings (SSSR count). The van der Waals surface area contributed by atoms with Crippen molar-refractivity contribution < 1.29 is 0 Å². The smallest absolute Gasteiger partial charge is 0.167 e. The molecule has 0 radical (unpaired) electrons. The van der Waals surface area contributed by atoms with E-state index in [1.807, 2.05) is 6.92 Å². The van der Waals surface area contributed by atoms with Gasteiger partial charge in [0.25, 0.3) is 0 Å². The van der Waals surface area contributed by atoms with E-state index in [1.54, 1.807) is 0 Å². The van der Waals surface area contributed by atoms with Crippen LogP contribution in [0.1, 0.15) is 44.9 Å². The van der Waals surface area contributed by atoms with Crippen LogP contribution in [-0.2, 0) is 6.42 Å². The molecule has 2 unspecified atom stereocenters. The largest absolute Gasteiger partial charge is 0.321 e. The highest BCUT2D eigenvalue weighted by atomic mass is 15.2. The lowest BCUT2D eigenvalue weighted by atomic mass is 10.00. The number of nitrogens with zero attached hydrogens (tertiary/aromatic N) is 2. The third-order valence-corrected chi connectivity index (χ3v) is 2.44. The fourth-order valence-corrected chi connectivity index (χ4v) is 1.13. The van der Waals surface area contributed by atoms with Gasteiger partial charge >= 0.3 is 0 Å². The maximum Gasteiger partial charge on any atom is 0.167 e. The van der Waals surface area contributed by atoms with Crippen LogP contribution in [0.15, 0.2) is 0 Å². The molecule has 1 heterocycles. The second kappa shape index (κ2) is 4.37. The molecule has 0 saturated heterocycles. The number of hydrogen-bond donors (Lipinski definition) is 2. The summed E-state index contributed by atoms with van der Waals surface area (Å²) >= 11 is 0. The quantitative estimate of drug-likeness (QED) is 0.739. The summed E-state index contributed by atoms with van der Waals surface area (Å²) in [5.74, 6) is 2.08. The van der Waals surface area contributed by atoms with Gasteiger partial charge < -0.3 is 5.73 Å². The van der Waals surface area contributed by atoms with Crippen molar-refractivity contribution in [3.05, 3.63) is 11.6 Å². The van der Waals surface area contributed by atoms with Crippen molar-refractivity contribution in [1.82, 2.24) is 15.2 Å². The zero-order valence-corrected chi connectivity index (χ0v) is 8.54. The normalized spacial score (nSPS) is 15.7. The maximum absolute atomic E-state index is 5.97. The van der Waals surface area contributed by atoms with E-state index in [4.69, 9.17) is 5.73 Å². The molecular weight excluding hydrogens is 164 g/mol. The molecule has 0 amide bonds. The van der Waals surface area contributed by atoms with E-state index in [2.05, 4.69) is 29.0 Å². The number of rotatable bonds is 4. The van der Waals surface area contributed by atoms with Crippen molar-refractivity contribution in [2.45, 2.75) is 39.7 Å². The Balaban J connectivity index is 2.70. The zero-order chi connectivity index (χ0) is 9.84. The van der Waals surface area contributed by atoms with E-state index in [0.717, 1.165) is 24.5 Å². The molecule has 2 atom stereocenters. The molecule has 1 aromatic rings. The summed E-state index contributed by atoms with van der Waals surface area (Å²) < 4.78 is 0. The fraction of sp³-hybridized carbons (Fsp3) is 0.778. The Kier molecular flexibility index (Phi) is 3.42. The molecule has 0 aliphatic rings. The van der Waals surface area contributed by atoms with Crippen LogP contribution < -0.4 is 5.73 Å². The third kappa shape index (κ3) is 2.28. The second-order valence-electron chi connectivity index (χ2n) is 3.41. The van der Waals surface area contributed by atoms with Gasteiger partial charge in [0.1, 0.15) is 5.82 Å². The molecular formula is C9H18N4. The van der Waals surface area contributed by atoms with Gasteiger partial charge in [0.2, 0.25) is 0 Å². The molecule has 0 bridgehead atoms. The van der Waals surface area contributed by atoms with E-state index in [0.29, 0.717) is 5.92 Å². The molecule has 1 aromatic heterocycles. The molecule has 4 nitrogen and oxygen atoms in total. The second-order valence-corrected chi connectivity index (χ2v) is 3.41. The van der Waals surface area contributed by atoms with Gasteiger partial charge in [-0.25, -0.2) is 4.98 Å². The summed E-state index contributed by atoms with van der Waals surface area (Å²) in [5, 5.41) is 6.97. The zero-order valence-electron chi connectivity index (χ0n) is 8.54. The van der Waals surface area contributed by atoms with Gasteiger partial charge in [0, 0.05) is 6.42 Å². The van der Waals surface area contributed by atoms with Crippen molar-refractivity contribution in [2.75, 3.05) is 0 Å². The maximum atomic E-state index is 5.97. The first kappa shape index (κ1) is 10.2. The summed E-state index contributed by atoms with van der Waals surface area (Å²) in [6, 6.07) is -0.0402. The summed E-state index contributed by atoms with van der Waals surface area (Å²) in [6.45, 7) is 6.28. The van der Waals surface area contributed by atoms with Crippen molar-refractivity contribution in [3.63, 3.8) is 0 Å². The van der Waals surface area contributed by atoms with Gasteiger partial charge in [0.15, 0.2) is 5.82 Å². The van der Waals surface area contributed by atoms with Crippen LogP contribution in [0.2, 0.25) is 0 Å². The molecule has 0 aromatic carbocycles. The van der Waals surface area contributed by atoms with Crippen LogP contribution in [0.4, 0.5) is 0 Å². The molecule has 4 heteroatoms. The minimum Gasteiger partial charge on any atom is -0.321 e. The van der Waals surface area contributed by atoms with Crippen LogP contribution in [-0.4, -0.2) is 15.2 Å². The van der Waals surface area contributed by atoms with Crippen molar-refractivity contribution in [2.24, 2.45) is 11.7 Å². The van der Waals surface area contributed by atoms with E-state index in [-0.39, 0.29) is 6.04 Å². The molecule has 3 N–H and O–H groups in total. The molecule has 0 spiro atoms. The van der Waals surface area contributed by atoms with Crippen molar-refractivity contribution >= 4 is 0 Å². The highest BCUT2D eigenvalue weighted by Gasteiger charge is 2.17. The highest BCUT2D eigenvalue weighted by Crippen LogP contribution is 2.18. The molecule has 0 aliphatic carbocycles. The lowest BCUT2D eigenvalue weighted by Crippen LogP contribution is -2.19. The van der Waals surface area contributed by atoms with Gasteiger partial charge in [-0.3, -0.25) is 5.10 Å². The number of nitrogens with one attached hydrogen (secondary N) is 1. The topological polar surface area (TPSA) is 67.6 Å². The average molecular weight is 182 g/mol. The van der Waals surface area contributed by atoms with Gasteiger partial charge in [-0.05, 0) is 5.92 Å². The molecule has 0 saturated carbocycles. The van der Waals surface area contributed by atoms with E-state index in [1.165, 1.54) is 0 Å². The predicted molar refractivity (Wildman–Crippen MR) is 52.1 cm³/mol. The number of aryl methyl sites for hydroxylation is 1. The lowest BCUT2D eigenvalue weighted by Gasteiger charge is -2.13. The van der Waals surface area contributed by atoms with Gasteiger partial charge in [-0.1, -0.05) is 27.2 Å². The third-order valence-electron chi connectivity index (χ3n) is 2.44. The van der Waals surface area contributed by atoms with E-state index >= 15 is 0 Å². The van der Waals surface area contributed by atoms with Crippen LogP contribution in [0, 0.1) is 5.92 Å². The molecule has 74 valence electrons. The van der Waals surface area contributed by atoms with Gasteiger partial charge in [-0.15, -0.1) is 0 Å². The monoisotopic (exact) mass is 182 g/mol. The van der Waals surface area contributed by atoms with E-state index in [9.17, 15) is 0 Å². The number of H-pyrrole nitrogens is 1. The number of aromatic nitrogens is 3. The molecule has 13 heavy (non-hydrogen) atoms. The first-order valence-electron chi connectivity index (χ1n) is 4.85. The molecule has 0 aliphatic heterocycles. The van der Waals surface area contributed by atoms with Crippen LogP contribution in [0.25, 0.3) is 0 Å². The number of nitrogens with two attached hydrogens (primary N) is 1. The number of aromatic amines is 1. The summed E-state index contributed by atoms with van der Waals surface area (Å²) in [7, 11) is 0. The predicted octanol–water partition coefficient (Wildman–Crippen LogP) is 1.41. The lowest BCUT2D eigenvalue weighted by molar-refractivity contribution is 0.440. The van der Waals surface area contributed by atoms with Crippen LogP contribution in [0.5, 0.6) is 0 Å². The van der Waals surface area contributed by atoms with Crippen molar-refractivity contribution in [3.8, 4) is 0 Å². The Morgan fingerprint density at radius 1 is 1.46 bits per heavy atom. The number of hydrogen-bond acceptors (Lipinski definition) is 3. The minimum absolute atomic E-state index is 0.0402. The Bertz CT molecular complexity index is 256. The van der Waals surface area contributed by atoms with Crippen LogP contribution >= 0.6 is 0 Å².